The molecule has 15 nitrogen and oxygen atoms in total. The highest BCUT2D eigenvalue weighted by Crippen LogP contribution is 2.44. The van der Waals surface area contributed by atoms with Crippen molar-refractivity contribution in [1.29, 1.82) is 0 Å². The number of aliphatic carboxylic acids is 1. The first-order valence-corrected chi connectivity index (χ1v) is 21.7. The number of alkyl carbamates (subject to hydrolysis) is 1. The molecule has 0 unspecified atom stereocenters. The lowest BCUT2D eigenvalue weighted by molar-refractivity contribution is -0.144. The van der Waals surface area contributed by atoms with Crippen LogP contribution in [0.3, 0.4) is 0 Å². The predicted molar refractivity (Wildman–Crippen MR) is 232 cm³/mol. The number of carboxylic acids is 1. The molecule has 0 aliphatic heterocycles. The monoisotopic (exact) mass is 863 g/mol. The van der Waals surface area contributed by atoms with E-state index in [9.17, 15) is 33.9 Å². The van der Waals surface area contributed by atoms with Crippen molar-refractivity contribution in [3.8, 4) is 11.1 Å². The van der Waals surface area contributed by atoms with Gasteiger partial charge in [-0.3, -0.25) is 24.0 Å². The summed E-state index contributed by atoms with van der Waals surface area (Å²) < 4.78 is 27.1. The molecule has 62 heavy (non-hydrogen) atoms. The second-order valence-electron chi connectivity index (χ2n) is 16.7. The second kappa shape index (κ2) is 26.6. The average molecular weight is 864 g/mol. The quantitative estimate of drug-likeness (QED) is 0.0463. The summed E-state index contributed by atoms with van der Waals surface area (Å²) in [6, 6.07) is 16.3. The summed E-state index contributed by atoms with van der Waals surface area (Å²) in [7, 11) is 0. The van der Waals surface area contributed by atoms with Crippen molar-refractivity contribution >= 4 is 35.3 Å². The fourth-order valence-electron chi connectivity index (χ4n) is 7.55. The van der Waals surface area contributed by atoms with Crippen LogP contribution in [0.2, 0.25) is 0 Å². The van der Waals surface area contributed by atoms with E-state index in [1.54, 1.807) is 6.08 Å². The Morgan fingerprint density at radius 2 is 1.32 bits per heavy atom. The molecule has 1 saturated carbocycles. The maximum Gasteiger partial charge on any atom is 0.407 e. The van der Waals surface area contributed by atoms with Crippen molar-refractivity contribution < 1.29 is 57.6 Å². The number of benzene rings is 2. The van der Waals surface area contributed by atoms with E-state index in [2.05, 4.69) is 40.2 Å². The van der Waals surface area contributed by atoms with Crippen LogP contribution in [0.25, 0.3) is 11.1 Å². The lowest BCUT2D eigenvalue weighted by Crippen LogP contribution is -2.31. The smallest absolute Gasteiger partial charge is 0.407 e. The lowest BCUT2D eigenvalue weighted by Gasteiger charge is -2.28. The minimum atomic E-state index is -1.01. The minimum absolute atomic E-state index is 0.0115. The molecule has 0 radical (unpaired) electrons. The largest absolute Gasteiger partial charge is 0.481 e. The molecule has 0 bridgehead atoms. The van der Waals surface area contributed by atoms with Crippen LogP contribution in [-0.2, 0) is 47.7 Å². The van der Waals surface area contributed by atoms with Gasteiger partial charge in [0, 0.05) is 38.3 Å². The molecular formula is C47H65N3O12. The van der Waals surface area contributed by atoms with Gasteiger partial charge in [0.15, 0.2) is 17.3 Å². The molecule has 2 aliphatic carbocycles. The third-order valence-electron chi connectivity index (χ3n) is 10.8. The van der Waals surface area contributed by atoms with Gasteiger partial charge in [0.05, 0.1) is 51.1 Å². The number of amides is 2. The van der Waals surface area contributed by atoms with Gasteiger partial charge in [0.1, 0.15) is 19.8 Å². The number of ether oxygens (including phenoxy) is 5. The Morgan fingerprint density at radius 3 is 1.95 bits per heavy atom. The third-order valence-corrected chi connectivity index (χ3v) is 10.8. The number of hydrogen-bond acceptors (Lipinski definition) is 12. The zero-order chi connectivity index (χ0) is 44.7. The van der Waals surface area contributed by atoms with E-state index in [-0.39, 0.29) is 119 Å². The van der Waals surface area contributed by atoms with Crippen LogP contribution in [0.15, 0.2) is 60.2 Å². The number of rotatable bonds is 30. The van der Waals surface area contributed by atoms with Crippen LogP contribution in [0.4, 0.5) is 4.79 Å². The molecule has 2 amide bonds. The Hall–Kier alpha value is -4.80. The van der Waals surface area contributed by atoms with Crippen molar-refractivity contribution in [2.24, 2.45) is 17.3 Å². The highest BCUT2D eigenvalue weighted by molar-refractivity contribution is 6.22. The summed E-state index contributed by atoms with van der Waals surface area (Å²) in [5, 5.41) is 18.3. The molecule has 2 atom stereocenters. The number of allylic oxidation sites excluding steroid dienone is 2. The van der Waals surface area contributed by atoms with Gasteiger partial charge in [0.25, 0.3) is 0 Å². The molecule has 15 heteroatoms. The van der Waals surface area contributed by atoms with Crippen LogP contribution >= 0.6 is 0 Å². The number of Topliss-reactive ketones (excluding diaryl/α,β-unsaturated/α-hetero) is 3. The number of carboxylic acid groups (broad SMARTS) is 1. The van der Waals surface area contributed by atoms with Gasteiger partial charge >= 0.3 is 12.1 Å². The van der Waals surface area contributed by atoms with E-state index >= 15 is 0 Å². The number of unbranched alkanes of at least 4 members (excludes halogenated alkanes) is 1. The number of carbonyl (C=O) groups excluding carboxylic acids is 5. The predicted octanol–water partition coefficient (Wildman–Crippen LogP) is 5.04. The second-order valence-corrected chi connectivity index (χ2v) is 16.7. The van der Waals surface area contributed by atoms with Gasteiger partial charge in [-0.2, -0.15) is 0 Å². The number of ketones is 3. The van der Waals surface area contributed by atoms with E-state index in [1.165, 1.54) is 11.1 Å². The Morgan fingerprint density at radius 1 is 0.742 bits per heavy atom. The molecule has 2 aromatic rings. The van der Waals surface area contributed by atoms with Crippen LogP contribution in [0.5, 0.6) is 0 Å². The summed E-state index contributed by atoms with van der Waals surface area (Å²) in [5.41, 5.74) is 4.68. The summed E-state index contributed by atoms with van der Waals surface area (Å²) in [6.07, 6.45) is 4.51. The fourth-order valence-corrected chi connectivity index (χ4v) is 7.55. The summed E-state index contributed by atoms with van der Waals surface area (Å²) in [4.78, 5) is 73.2. The first-order valence-electron chi connectivity index (χ1n) is 21.7. The summed E-state index contributed by atoms with van der Waals surface area (Å²) in [6.45, 7) is 8.96. The molecular weight excluding hydrogens is 799 g/mol. The van der Waals surface area contributed by atoms with E-state index in [1.807, 2.05) is 45.0 Å². The molecule has 0 heterocycles. The zero-order valence-corrected chi connectivity index (χ0v) is 36.5. The fraction of sp³-hybridized carbons (Fsp3) is 0.574. The van der Waals surface area contributed by atoms with E-state index in [0.717, 1.165) is 24.0 Å². The maximum absolute atomic E-state index is 12.4. The summed E-state index contributed by atoms with van der Waals surface area (Å²) in [5.74, 6) is -2.47. The standard InChI is InChI=1S/C47H65N3O12/c1-33(26-40-42(52)28-47(2,3)29-43(40)53)15-17-48-16-9-8-10-34(45(55)56)27-35(51)30-60-24-22-58-20-18-49-44(54)32-61-25-23-59-21-19-50-46(57)62-31-41-38-13-6-4-11-36(38)37-12-5-7-14-39(37)41/h4-7,11-14,26,33-34,41,48H,8-10,15-25,27-32H2,1-3H3,(H,49,54)(H,50,57)(H,55,56)/t33-,34-/m0/s1. The molecule has 4 rings (SSSR count). The van der Waals surface area contributed by atoms with Gasteiger partial charge in [-0.25, -0.2) is 4.79 Å². The average Bonchev–Trinajstić information content (AvgIpc) is 3.55. The molecule has 4 N–H and O–H groups in total. The summed E-state index contributed by atoms with van der Waals surface area (Å²) >= 11 is 0. The molecule has 0 saturated heterocycles. The van der Waals surface area contributed by atoms with Gasteiger partial charge in [-0.05, 0) is 65.9 Å². The normalized spacial score (nSPS) is 15.4. The van der Waals surface area contributed by atoms with E-state index in [0.29, 0.717) is 44.3 Å². The van der Waals surface area contributed by atoms with Crippen LogP contribution in [0, 0.1) is 17.3 Å². The van der Waals surface area contributed by atoms with Crippen molar-refractivity contribution in [1.82, 2.24) is 16.0 Å². The maximum atomic E-state index is 12.4. The first-order chi connectivity index (χ1) is 29.8. The lowest BCUT2D eigenvalue weighted by atomic mass is 9.73. The van der Waals surface area contributed by atoms with Crippen molar-refractivity contribution in [3.05, 3.63) is 71.3 Å². The Labute approximate surface area is 365 Å². The number of fused-ring (bicyclic) bond motifs is 3. The molecule has 1 fully saturated rings. The molecule has 2 aromatic carbocycles. The SMILES string of the molecule is C[C@H](C=C1C(=O)CC(C)(C)CC1=O)CCNCCCC[C@@H](CC(=O)COCCOCCNC(=O)COCCOCCNC(=O)OCC1c2ccccc2-c2ccccc21)C(=O)O. The highest BCUT2D eigenvalue weighted by atomic mass is 16.6. The number of carbonyl (C=O) groups is 6. The van der Waals surface area contributed by atoms with Crippen molar-refractivity contribution in [2.75, 3.05) is 85.6 Å². The highest BCUT2D eigenvalue weighted by Gasteiger charge is 2.35. The topological polar surface area (TPSA) is 205 Å². The number of hydrogen-bond donors (Lipinski definition) is 4. The molecule has 0 aromatic heterocycles. The van der Waals surface area contributed by atoms with Gasteiger partial charge in [-0.15, -0.1) is 0 Å². The third kappa shape index (κ3) is 17.5. The van der Waals surface area contributed by atoms with Crippen LogP contribution in [-0.4, -0.2) is 126 Å². The Bertz CT molecular complexity index is 1760. The first kappa shape index (κ1) is 49.9. The zero-order valence-electron chi connectivity index (χ0n) is 36.5. The van der Waals surface area contributed by atoms with Crippen molar-refractivity contribution in [3.63, 3.8) is 0 Å². The van der Waals surface area contributed by atoms with Crippen molar-refractivity contribution in [2.45, 2.75) is 71.6 Å². The van der Waals surface area contributed by atoms with Gasteiger partial charge in [0.2, 0.25) is 5.91 Å². The molecule has 0 spiro atoms. The van der Waals surface area contributed by atoms with Crippen LogP contribution < -0.4 is 16.0 Å². The van der Waals surface area contributed by atoms with E-state index in [4.69, 9.17) is 23.7 Å². The van der Waals surface area contributed by atoms with Gasteiger partial charge < -0.3 is 44.7 Å². The molecule has 340 valence electrons. The number of nitrogens with one attached hydrogen (secondary N) is 3. The Kier molecular flexibility index (Phi) is 21.4. The molecule has 2 aliphatic rings. The minimum Gasteiger partial charge on any atom is -0.481 e. The van der Waals surface area contributed by atoms with Gasteiger partial charge in [-0.1, -0.05) is 81.8 Å². The van der Waals surface area contributed by atoms with Crippen LogP contribution in [0.1, 0.15) is 82.8 Å². The Balaban J connectivity index is 0.904. The van der Waals surface area contributed by atoms with E-state index < -0.39 is 18.0 Å².